The van der Waals surface area contributed by atoms with Crippen molar-refractivity contribution in [3.8, 4) is 0 Å². The maximum Gasteiger partial charge on any atom is 0.416 e. The molecular formula is C20H17BrF3N3O3S. The number of quaternary nitrogens is 1. The molecule has 4 rings (SSSR count). The van der Waals surface area contributed by atoms with E-state index in [-0.39, 0.29) is 23.9 Å². The number of aromatic nitrogens is 1. The molecule has 0 N–H and O–H groups in total. The second-order valence-electron chi connectivity index (χ2n) is 7.11. The highest BCUT2D eigenvalue weighted by molar-refractivity contribution is 9.09. The van der Waals surface area contributed by atoms with Gasteiger partial charge in [-0.15, -0.1) is 0 Å². The fourth-order valence-corrected chi connectivity index (χ4v) is 4.92. The van der Waals surface area contributed by atoms with Crippen molar-refractivity contribution in [1.29, 1.82) is 0 Å². The summed E-state index contributed by atoms with van der Waals surface area (Å²) in [5.74, 6) is -0.634. The average Bonchev–Trinajstić information content (AvgIpc) is 3.30. The van der Waals surface area contributed by atoms with E-state index in [1.54, 1.807) is 30.3 Å². The Morgan fingerprint density at radius 3 is 2.71 bits per heavy atom. The lowest BCUT2D eigenvalue weighted by molar-refractivity contribution is -0.137. The number of hydroxylamine groups is 2. The quantitative estimate of drug-likeness (QED) is 0.207. The Bertz CT molecular complexity index is 1100. The van der Waals surface area contributed by atoms with Gasteiger partial charge in [0, 0.05) is 11.9 Å². The topological polar surface area (TPSA) is 65.5 Å². The predicted molar refractivity (Wildman–Crippen MR) is 116 cm³/mol. The molecule has 1 saturated heterocycles. The van der Waals surface area contributed by atoms with Crippen molar-refractivity contribution < 1.29 is 22.7 Å². The van der Waals surface area contributed by atoms with Crippen LogP contribution in [0.15, 0.2) is 48.5 Å². The molecule has 0 bridgehead atoms. The number of esters is 1. The van der Waals surface area contributed by atoms with E-state index >= 15 is 0 Å². The third-order valence-electron chi connectivity index (χ3n) is 4.97. The van der Waals surface area contributed by atoms with Gasteiger partial charge in [0.25, 0.3) is 11.4 Å². The van der Waals surface area contributed by atoms with Crippen LogP contribution in [-0.4, -0.2) is 47.2 Å². The minimum atomic E-state index is -4.50. The van der Waals surface area contributed by atoms with E-state index in [0.717, 1.165) is 23.5 Å². The maximum atomic E-state index is 13.9. The summed E-state index contributed by atoms with van der Waals surface area (Å²) in [5.41, 5.74) is -0.425. The summed E-state index contributed by atoms with van der Waals surface area (Å²) in [5, 5.41) is 14.5. The second-order valence-corrected chi connectivity index (χ2v) is 8.91. The summed E-state index contributed by atoms with van der Waals surface area (Å²) in [7, 11) is 0. The highest BCUT2D eigenvalue weighted by Crippen LogP contribution is 2.40. The Balaban J connectivity index is 1.68. The molecule has 0 spiro atoms. The molecule has 1 fully saturated rings. The number of nitrogens with zero attached hydrogens (tertiary/aromatic N) is 3. The molecule has 0 amide bonds. The number of alkyl halides is 4. The molecule has 0 saturated carbocycles. The molecular weight excluding hydrogens is 499 g/mol. The fourth-order valence-electron chi connectivity index (χ4n) is 3.41. The number of hydrogen-bond acceptors (Lipinski definition) is 6. The second kappa shape index (κ2) is 8.47. The summed E-state index contributed by atoms with van der Waals surface area (Å²) in [6, 6.07) is 11.5. The number of halogens is 4. The molecule has 1 aliphatic heterocycles. The van der Waals surface area contributed by atoms with Crippen LogP contribution in [0.3, 0.4) is 0 Å². The number of ether oxygens (including phenoxy) is 1. The van der Waals surface area contributed by atoms with Crippen LogP contribution in [0, 0.1) is 5.21 Å². The molecule has 11 heteroatoms. The molecule has 2 atom stereocenters. The molecule has 164 valence electrons. The van der Waals surface area contributed by atoms with Crippen LogP contribution in [-0.2, 0) is 10.9 Å². The lowest BCUT2D eigenvalue weighted by atomic mass is 10.2. The first-order valence-electron chi connectivity index (χ1n) is 9.32. The molecule has 2 heterocycles. The third kappa shape index (κ3) is 4.46. The molecule has 31 heavy (non-hydrogen) atoms. The smallest absolute Gasteiger partial charge is 0.416 e. The van der Waals surface area contributed by atoms with Gasteiger partial charge in [-0.3, -0.25) is 4.65 Å². The summed E-state index contributed by atoms with van der Waals surface area (Å²) in [4.78, 5) is 18.6. The summed E-state index contributed by atoms with van der Waals surface area (Å²) in [6.45, 7) is 0.715. The Labute approximate surface area is 188 Å². The van der Waals surface area contributed by atoms with E-state index in [9.17, 15) is 23.2 Å². The SMILES string of the molecule is O=C(OC1CN(CCBr)C[N+]1([O-])c1nc2cc(C(F)(F)F)ccc2s1)c1ccccc1. The van der Waals surface area contributed by atoms with Crippen molar-refractivity contribution in [3.63, 3.8) is 0 Å². The molecule has 6 nitrogen and oxygen atoms in total. The number of hydrogen-bond donors (Lipinski definition) is 0. The van der Waals surface area contributed by atoms with Crippen molar-refractivity contribution in [3.05, 3.63) is 64.9 Å². The molecule has 3 aromatic rings. The Morgan fingerprint density at radius 2 is 2.03 bits per heavy atom. The van der Waals surface area contributed by atoms with E-state index in [4.69, 9.17) is 4.74 Å². The lowest BCUT2D eigenvalue weighted by Crippen LogP contribution is -2.50. The molecule has 2 aromatic carbocycles. The van der Waals surface area contributed by atoms with Crippen molar-refractivity contribution in [1.82, 2.24) is 14.5 Å². The summed E-state index contributed by atoms with van der Waals surface area (Å²) >= 11 is 4.35. The first kappa shape index (κ1) is 22.2. The van der Waals surface area contributed by atoms with Gasteiger partial charge >= 0.3 is 12.1 Å². The number of rotatable bonds is 5. The Hall–Kier alpha value is -2.05. The van der Waals surface area contributed by atoms with Crippen molar-refractivity contribution >= 4 is 48.6 Å². The van der Waals surface area contributed by atoms with Gasteiger partial charge in [-0.05, 0) is 30.3 Å². The average molecular weight is 516 g/mol. The van der Waals surface area contributed by atoms with E-state index in [1.807, 2.05) is 4.90 Å². The van der Waals surface area contributed by atoms with E-state index < -0.39 is 28.6 Å². The Kier molecular flexibility index (Phi) is 6.05. The van der Waals surface area contributed by atoms with Gasteiger partial charge in [-0.2, -0.15) is 18.2 Å². The normalized spacial score (nSPS) is 22.2. The number of carbonyl (C=O) groups is 1. The minimum absolute atomic E-state index is 0.0235. The fraction of sp³-hybridized carbons (Fsp3) is 0.300. The molecule has 1 aromatic heterocycles. The Morgan fingerprint density at radius 1 is 1.29 bits per heavy atom. The minimum Gasteiger partial charge on any atom is -0.622 e. The lowest BCUT2D eigenvalue weighted by Gasteiger charge is -2.38. The highest BCUT2D eigenvalue weighted by Gasteiger charge is 2.46. The molecule has 1 aliphatic rings. The van der Waals surface area contributed by atoms with Crippen LogP contribution in [0.1, 0.15) is 15.9 Å². The van der Waals surface area contributed by atoms with Crippen LogP contribution in [0.4, 0.5) is 18.3 Å². The van der Waals surface area contributed by atoms with E-state index in [1.165, 1.54) is 6.07 Å². The largest absolute Gasteiger partial charge is 0.622 e. The van der Waals surface area contributed by atoms with Crippen molar-refractivity contribution in [2.45, 2.75) is 12.4 Å². The third-order valence-corrected chi connectivity index (χ3v) is 6.47. The van der Waals surface area contributed by atoms with Gasteiger partial charge in [0.15, 0.2) is 0 Å². The molecule has 0 aliphatic carbocycles. The first-order chi connectivity index (χ1) is 14.7. The van der Waals surface area contributed by atoms with Gasteiger partial charge in [0.1, 0.15) is 6.67 Å². The highest BCUT2D eigenvalue weighted by atomic mass is 79.9. The number of thiazole rings is 1. The zero-order valence-electron chi connectivity index (χ0n) is 16.0. The van der Waals surface area contributed by atoms with Crippen LogP contribution < -0.4 is 4.65 Å². The summed E-state index contributed by atoms with van der Waals surface area (Å²) in [6.07, 6.45) is -5.59. The van der Waals surface area contributed by atoms with Gasteiger partial charge in [-0.25, -0.2) is 9.69 Å². The standard InChI is InChI=1S/C20H17BrF3N3O3S/c21-8-9-26-11-17(30-18(28)13-4-2-1-3-5-13)27(29,12-26)19-25-15-10-14(20(22,23)24)6-7-16(15)31-19/h1-7,10,17H,8-9,11-12H2. The summed E-state index contributed by atoms with van der Waals surface area (Å²) < 4.78 is 44.1. The van der Waals surface area contributed by atoms with Crippen LogP contribution in [0.2, 0.25) is 0 Å². The maximum absolute atomic E-state index is 13.9. The zero-order valence-corrected chi connectivity index (χ0v) is 18.4. The zero-order chi connectivity index (χ0) is 22.2. The van der Waals surface area contributed by atoms with Gasteiger partial charge < -0.3 is 9.94 Å². The van der Waals surface area contributed by atoms with Crippen molar-refractivity contribution in [2.24, 2.45) is 0 Å². The van der Waals surface area contributed by atoms with Gasteiger partial charge in [0.2, 0.25) is 0 Å². The van der Waals surface area contributed by atoms with Gasteiger partial charge in [0.05, 0.1) is 27.9 Å². The monoisotopic (exact) mass is 515 g/mol. The van der Waals surface area contributed by atoms with Crippen LogP contribution in [0.25, 0.3) is 10.2 Å². The predicted octanol–water partition coefficient (Wildman–Crippen LogP) is 4.97. The van der Waals surface area contributed by atoms with Crippen LogP contribution >= 0.6 is 27.3 Å². The van der Waals surface area contributed by atoms with E-state index in [0.29, 0.717) is 22.1 Å². The first-order valence-corrected chi connectivity index (χ1v) is 11.3. The number of benzene rings is 2. The van der Waals surface area contributed by atoms with Crippen LogP contribution in [0.5, 0.6) is 0 Å². The number of fused-ring (bicyclic) bond motifs is 1. The van der Waals surface area contributed by atoms with Crippen molar-refractivity contribution in [2.75, 3.05) is 25.1 Å². The van der Waals surface area contributed by atoms with E-state index in [2.05, 4.69) is 20.9 Å². The number of carbonyl (C=O) groups excluding carboxylic acids is 1. The van der Waals surface area contributed by atoms with Gasteiger partial charge in [-0.1, -0.05) is 45.5 Å². The molecule has 0 radical (unpaired) electrons. The molecule has 2 unspecified atom stereocenters.